The maximum absolute atomic E-state index is 12.7. The summed E-state index contributed by atoms with van der Waals surface area (Å²) >= 11 is 7.24. The number of aromatic nitrogens is 4. The van der Waals surface area contributed by atoms with E-state index in [-0.39, 0.29) is 16.9 Å². The Morgan fingerprint density at radius 1 is 1.23 bits per heavy atom. The second-order valence-corrected chi connectivity index (χ2v) is 7.83. The summed E-state index contributed by atoms with van der Waals surface area (Å²) in [5.74, 6) is -0.500. The van der Waals surface area contributed by atoms with Gasteiger partial charge in [0.25, 0.3) is 11.6 Å². The number of nitro groups is 1. The molecule has 0 spiro atoms. The van der Waals surface area contributed by atoms with Crippen molar-refractivity contribution in [3.63, 3.8) is 0 Å². The van der Waals surface area contributed by atoms with E-state index in [4.69, 9.17) is 11.6 Å². The molecule has 0 bridgehead atoms. The van der Waals surface area contributed by atoms with Gasteiger partial charge in [-0.05, 0) is 31.2 Å². The summed E-state index contributed by atoms with van der Waals surface area (Å²) in [6, 6.07) is 11.4. The van der Waals surface area contributed by atoms with Crippen LogP contribution in [0.2, 0.25) is 5.02 Å². The summed E-state index contributed by atoms with van der Waals surface area (Å²) in [7, 11) is 0. The first-order valence-corrected chi connectivity index (χ1v) is 9.80. The lowest BCUT2D eigenvalue weighted by Gasteiger charge is -2.05. The molecule has 0 saturated carbocycles. The van der Waals surface area contributed by atoms with Gasteiger partial charge in [0.2, 0.25) is 0 Å². The van der Waals surface area contributed by atoms with E-state index in [2.05, 4.69) is 20.4 Å². The molecule has 1 N–H and O–H groups in total. The first-order valence-electron chi connectivity index (χ1n) is 8.60. The van der Waals surface area contributed by atoms with E-state index in [0.717, 1.165) is 16.1 Å². The summed E-state index contributed by atoms with van der Waals surface area (Å²) in [5, 5.41) is 19.1. The first-order chi connectivity index (χ1) is 14.4. The number of thiazole rings is 1. The van der Waals surface area contributed by atoms with Gasteiger partial charge in [-0.15, -0.1) is 11.3 Å². The Bertz CT molecular complexity index is 1240. The van der Waals surface area contributed by atoms with Crippen molar-refractivity contribution in [1.82, 2.24) is 19.7 Å². The van der Waals surface area contributed by atoms with E-state index in [1.165, 1.54) is 46.9 Å². The van der Waals surface area contributed by atoms with Crippen LogP contribution in [0.25, 0.3) is 16.9 Å². The summed E-state index contributed by atoms with van der Waals surface area (Å²) in [5.41, 5.74) is 1.70. The Morgan fingerprint density at radius 3 is 2.67 bits per heavy atom. The van der Waals surface area contributed by atoms with Gasteiger partial charge in [-0.1, -0.05) is 23.7 Å². The number of carbonyl (C=O) groups is 1. The highest BCUT2D eigenvalue weighted by atomic mass is 35.5. The Hall–Kier alpha value is -3.63. The number of benzene rings is 2. The fraction of sp³-hybridized carbons (Fsp3) is 0.0526. The molecule has 4 rings (SSSR count). The molecule has 0 fully saturated rings. The van der Waals surface area contributed by atoms with Crippen molar-refractivity contribution in [3.05, 3.63) is 80.7 Å². The van der Waals surface area contributed by atoms with Crippen LogP contribution in [0.3, 0.4) is 0 Å². The van der Waals surface area contributed by atoms with Crippen molar-refractivity contribution < 1.29 is 9.72 Å². The van der Waals surface area contributed by atoms with Crippen LogP contribution in [0.1, 0.15) is 15.2 Å². The highest BCUT2D eigenvalue weighted by Crippen LogP contribution is 2.31. The fourth-order valence-corrected chi connectivity index (χ4v) is 3.79. The molecule has 4 aromatic rings. The minimum Gasteiger partial charge on any atom is -0.298 e. The molecule has 30 heavy (non-hydrogen) atoms. The van der Waals surface area contributed by atoms with E-state index < -0.39 is 10.8 Å². The molecule has 1 amide bonds. The summed E-state index contributed by atoms with van der Waals surface area (Å²) < 4.78 is 1.27. The molecule has 11 heteroatoms. The molecule has 9 nitrogen and oxygen atoms in total. The molecule has 0 unspecified atom stereocenters. The van der Waals surface area contributed by atoms with Gasteiger partial charge in [0.15, 0.2) is 5.13 Å². The molecule has 0 radical (unpaired) electrons. The normalized spacial score (nSPS) is 10.7. The number of aryl methyl sites for hydroxylation is 1. The number of nitrogens with one attached hydrogen (secondary N) is 1. The zero-order valence-corrected chi connectivity index (χ0v) is 17.0. The molecular formula is C19H13ClN6O3S. The van der Waals surface area contributed by atoms with Crippen LogP contribution in [0.4, 0.5) is 10.8 Å². The Labute approximate surface area is 179 Å². The topological polar surface area (TPSA) is 116 Å². The van der Waals surface area contributed by atoms with E-state index >= 15 is 0 Å². The highest BCUT2D eigenvalue weighted by molar-refractivity contribution is 7.16. The molecule has 0 saturated heterocycles. The van der Waals surface area contributed by atoms with Gasteiger partial charge in [-0.3, -0.25) is 20.2 Å². The predicted octanol–water partition coefficient (Wildman–Crippen LogP) is 4.51. The number of hydrogen-bond donors (Lipinski definition) is 1. The molecular weight excluding hydrogens is 428 g/mol. The van der Waals surface area contributed by atoms with Crippen molar-refractivity contribution >= 4 is 39.7 Å². The average molecular weight is 441 g/mol. The molecule has 150 valence electrons. The summed E-state index contributed by atoms with van der Waals surface area (Å²) in [4.78, 5) is 32.8. The van der Waals surface area contributed by atoms with Gasteiger partial charge >= 0.3 is 0 Å². The Balaban J connectivity index is 1.60. The quantitative estimate of drug-likeness (QED) is 0.360. The molecule has 2 heterocycles. The molecule has 2 aromatic heterocycles. The lowest BCUT2D eigenvalue weighted by atomic mass is 10.1. The largest absolute Gasteiger partial charge is 0.298 e. The van der Waals surface area contributed by atoms with E-state index in [1.54, 1.807) is 12.1 Å². The van der Waals surface area contributed by atoms with Crippen molar-refractivity contribution in [2.75, 3.05) is 5.32 Å². The second-order valence-electron chi connectivity index (χ2n) is 6.19. The van der Waals surface area contributed by atoms with Gasteiger partial charge in [0.05, 0.1) is 10.6 Å². The van der Waals surface area contributed by atoms with Crippen LogP contribution >= 0.6 is 22.9 Å². The van der Waals surface area contributed by atoms with Crippen LogP contribution in [-0.4, -0.2) is 30.6 Å². The maximum Gasteiger partial charge on any atom is 0.295 e. The number of rotatable bonds is 5. The van der Waals surface area contributed by atoms with Crippen molar-refractivity contribution in [2.45, 2.75) is 6.92 Å². The monoisotopic (exact) mass is 440 g/mol. The lowest BCUT2D eigenvalue weighted by Crippen LogP contribution is -2.13. The number of nitrogens with zero attached hydrogens (tertiary/aromatic N) is 5. The molecule has 2 aromatic carbocycles. The van der Waals surface area contributed by atoms with Crippen molar-refractivity contribution in [2.24, 2.45) is 0 Å². The van der Waals surface area contributed by atoms with Crippen LogP contribution in [0.15, 0.2) is 55.1 Å². The number of nitro benzene ring substituents is 1. The average Bonchev–Trinajstić information content (AvgIpc) is 3.38. The number of amides is 1. The minimum absolute atomic E-state index is 0.131. The Morgan fingerprint density at radius 2 is 2.00 bits per heavy atom. The number of halogens is 1. The number of anilines is 1. The predicted molar refractivity (Wildman–Crippen MR) is 113 cm³/mol. The maximum atomic E-state index is 12.7. The van der Waals surface area contributed by atoms with E-state index in [1.807, 2.05) is 19.1 Å². The standard InChI is InChI=1S/C19H13ClN6O3S/c1-11-17(12-2-5-14(20)6-3-12)23-19(30-11)24-18(27)13-4-7-15(16(8-13)26(28)29)25-10-21-9-22-25/h2-10H,1H3,(H,23,24,27). The Kier molecular flexibility index (Phi) is 5.25. The van der Waals surface area contributed by atoms with E-state index in [9.17, 15) is 14.9 Å². The second kappa shape index (κ2) is 8.01. The third-order valence-corrected chi connectivity index (χ3v) is 5.37. The van der Waals surface area contributed by atoms with Crippen molar-refractivity contribution in [3.8, 4) is 16.9 Å². The smallest absolute Gasteiger partial charge is 0.295 e. The van der Waals surface area contributed by atoms with Crippen LogP contribution in [-0.2, 0) is 0 Å². The summed E-state index contributed by atoms with van der Waals surface area (Å²) in [6.07, 6.45) is 2.62. The lowest BCUT2D eigenvalue weighted by molar-refractivity contribution is -0.384. The molecule has 0 atom stereocenters. The van der Waals surface area contributed by atoms with Crippen molar-refractivity contribution in [1.29, 1.82) is 0 Å². The third-order valence-electron chi connectivity index (χ3n) is 4.23. The fourth-order valence-electron chi connectivity index (χ4n) is 2.83. The van der Waals surface area contributed by atoms with Crippen LogP contribution in [0, 0.1) is 17.0 Å². The number of carbonyl (C=O) groups excluding carboxylic acids is 1. The van der Waals surface area contributed by atoms with Crippen LogP contribution in [0.5, 0.6) is 0 Å². The van der Waals surface area contributed by atoms with Gasteiger partial charge in [0, 0.05) is 27.1 Å². The SMILES string of the molecule is Cc1sc(NC(=O)c2ccc(-n3cncn3)c([N+](=O)[O-])c2)nc1-c1ccc(Cl)cc1. The van der Waals surface area contributed by atoms with Crippen LogP contribution < -0.4 is 5.32 Å². The zero-order chi connectivity index (χ0) is 21.3. The molecule has 0 aliphatic carbocycles. The molecule has 0 aliphatic rings. The van der Waals surface area contributed by atoms with Gasteiger partial charge < -0.3 is 0 Å². The number of hydrogen-bond acceptors (Lipinski definition) is 7. The first kappa shape index (κ1) is 19.7. The van der Waals surface area contributed by atoms with Gasteiger partial charge in [-0.2, -0.15) is 5.10 Å². The van der Waals surface area contributed by atoms with Gasteiger partial charge in [-0.25, -0.2) is 14.6 Å². The third kappa shape index (κ3) is 3.91. The van der Waals surface area contributed by atoms with Gasteiger partial charge in [0.1, 0.15) is 18.3 Å². The molecule has 0 aliphatic heterocycles. The summed E-state index contributed by atoms with van der Waals surface area (Å²) in [6.45, 7) is 1.90. The van der Waals surface area contributed by atoms with E-state index in [0.29, 0.717) is 10.2 Å². The highest BCUT2D eigenvalue weighted by Gasteiger charge is 2.20. The zero-order valence-electron chi connectivity index (χ0n) is 15.4. The minimum atomic E-state index is -0.569.